The number of rotatable bonds is 6. The number of fused-ring (bicyclic) bond motifs is 2. The Morgan fingerprint density at radius 1 is 1.32 bits per heavy atom. The highest BCUT2D eigenvalue weighted by molar-refractivity contribution is 7.90. The summed E-state index contributed by atoms with van der Waals surface area (Å²) in [5.41, 5.74) is -0.101. The lowest BCUT2D eigenvalue weighted by atomic mass is 9.88. The Balaban J connectivity index is 1.86. The summed E-state index contributed by atoms with van der Waals surface area (Å²) in [5, 5.41) is 13.8. The van der Waals surface area contributed by atoms with Crippen LogP contribution in [-0.2, 0) is 14.8 Å². The highest BCUT2D eigenvalue weighted by Gasteiger charge is 2.44. The molecule has 2 bridgehead atoms. The molecule has 1 amide bonds. The quantitative estimate of drug-likeness (QED) is 0.588. The van der Waals surface area contributed by atoms with E-state index < -0.39 is 20.9 Å². The molecule has 2 saturated carbocycles. The molecule has 0 aliphatic heterocycles. The molecule has 0 spiro atoms. The minimum Gasteiger partial charge on any atom is -0.384 e. The third kappa shape index (κ3) is 3.46. The van der Waals surface area contributed by atoms with Crippen molar-refractivity contribution in [3.8, 4) is 0 Å². The largest absolute Gasteiger partial charge is 0.384 e. The fourth-order valence-electron chi connectivity index (χ4n) is 4.01. The third-order valence-electron chi connectivity index (χ3n) is 5.14. The van der Waals surface area contributed by atoms with Crippen LogP contribution in [0.15, 0.2) is 23.1 Å². The van der Waals surface area contributed by atoms with E-state index in [-0.39, 0.29) is 28.1 Å². The Morgan fingerprint density at radius 3 is 2.64 bits per heavy atom. The summed E-state index contributed by atoms with van der Waals surface area (Å²) < 4.78 is 27.5. The van der Waals surface area contributed by atoms with Gasteiger partial charge in [-0.1, -0.05) is 6.42 Å². The average Bonchev–Trinajstić information content (AvgIpc) is 3.18. The van der Waals surface area contributed by atoms with E-state index in [4.69, 9.17) is 0 Å². The smallest absolute Gasteiger partial charge is 0.270 e. The van der Waals surface area contributed by atoms with Gasteiger partial charge in [0.05, 0.1) is 10.6 Å². The van der Waals surface area contributed by atoms with Crippen LogP contribution in [0.1, 0.15) is 32.6 Å². The molecule has 9 heteroatoms. The highest BCUT2D eigenvalue weighted by atomic mass is 32.2. The zero-order valence-electron chi connectivity index (χ0n) is 13.9. The van der Waals surface area contributed by atoms with Crippen molar-refractivity contribution < 1.29 is 18.1 Å². The number of amides is 1. The first-order chi connectivity index (χ1) is 11.8. The van der Waals surface area contributed by atoms with E-state index in [9.17, 15) is 23.3 Å². The molecule has 0 saturated heterocycles. The molecule has 0 aromatic heterocycles. The van der Waals surface area contributed by atoms with Crippen molar-refractivity contribution in [1.29, 1.82) is 0 Å². The van der Waals surface area contributed by atoms with Crippen molar-refractivity contribution in [1.82, 2.24) is 4.72 Å². The van der Waals surface area contributed by atoms with E-state index >= 15 is 0 Å². The summed E-state index contributed by atoms with van der Waals surface area (Å²) in [6.45, 7) is 2.23. The van der Waals surface area contributed by atoms with E-state index in [2.05, 4.69) is 10.0 Å². The van der Waals surface area contributed by atoms with E-state index in [0.717, 1.165) is 31.7 Å². The fraction of sp³-hybridized carbons (Fsp3) is 0.562. The Hall–Kier alpha value is -2.16. The van der Waals surface area contributed by atoms with Gasteiger partial charge in [-0.25, -0.2) is 13.1 Å². The molecule has 25 heavy (non-hydrogen) atoms. The van der Waals surface area contributed by atoms with Gasteiger partial charge < -0.3 is 5.32 Å². The van der Waals surface area contributed by atoms with Gasteiger partial charge in [-0.15, -0.1) is 0 Å². The molecule has 1 aromatic carbocycles. The van der Waals surface area contributed by atoms with Crippen LogP contribution in [-0.4, -0.2) is 25.8 Å². The zero-order valence-corrected chi connectivity index (χ0v) is 14.7. The predicted molar refractivity (Wildman–Crippen MR) is 91.5 cm³/mol. The van der Waals surface area contributed by atoms with Crippen LogP contribution in [0.25, 0.3) is 0 Å². The molecular formula is C16H21N3O5S. The second kappa shape index (κ2) is 6.62. The van der Waals surface area contributed by atoms with Crippen molar-refractivity contribution in [3.05, 3.63) is 28.3 Å². The summed E-state index contributed by atoms with van der Waals surface area (Å²) in [6.07, 6.45) is 3.78. The van der Waals surface area contributed by atoms with Crippen LogP contribution in [0.5, 0.6) is 0 Å². The second-order valence-corrected chi connectivity index (χ2v) is 8.37. The number of anilines is 1. The predicted octanol–water partition coefficient (Wildman–Crippen LogP) is 2.27. The monoisotopic (exact) mass is 367 g/mol. The summed E-state index contributed by atoms with van der Waals surface area (Å²) in [6, 6.07) is 3.56. The number of carbonyl (C=O) groups is 1. The molecule has 2 aliphatic carbocycles. The van der Waals surface area contributed by atoms with Gasteiger partial charge in [-0.05, 0) is 44.1 Å². The molecule has 3 atom stereocenters. The second-order valence-electron chi connectivity index (χ2n) is 6.72. The van der Waals surface area contributed by atoms with Gasteiger partial charge in [0.15, 0.2) is 0 Å². The first-order valence-electron chi connectivity index (χ1n) is 8.40. The number of nitro benzene ring substituents is 1. The van der Waals surface area contributed by atoms with E-state index in [1.54, 1.807) is 6.92 Å². The lowest BCUT2D eigenvalue weighted by Crippen LogP contribution is -2.38. The van der Waals surface area contributed by atoms with Gasteiger partial charge in [0, 0.05) is 24.6 Å². The molecule has 2 N–H and O–H groups in total. The molecule has 3 rings (SSSR count). The van der Waals surface area contributed by atoms with Gasteiger partial charge in [-0.2, -0.15) is 0 Å². The van der Waals surface area contributed by atoms with Crippen molar-refractivity contribution in [2.45, 2.75) is 37.5 Å². The van der Waals surface area contributed by atoms with Gasteiger partial charge in [-0.3, -0.25) is 14.9 Å². The van der Waals surface area contributed by atoms with Gasteiger partial charge >= 0.3 is 0 Å². The van der Waals surface area contributed by atoms with Crippen LogP contribution in [0.3, 0.4) is 0 Å². The molecule has 0 heterocycles. The summed E-state index contributed by atoms with van der Waals surface area (Å²) >= 11 is 0. The Morgan fingerprint density at radius 2 is 2.08 bits per heavy atom. The van der Waals surface area contributed by atoms with Gasteiger partial charge in [0.2, 0.25) is 5.91 Å². The van der Waals surface area contributed by atoms with Gasteiger partial charge in [0.25, 0.3) is 15.7 Å². The maximum atomic E-state index is 12.7. The van der Waals surface area contributed by atoms with E-state index in [1.165, 1.54) is 12.1 Å². The Bertz CT molecular complexity index is 808. The van der Waals surface area contributed by atoms with Crippen molar-refractivity contribution >= 4 is 27.3 Å². The molecular weight excluding hydrogens is 346 g/mol. The van der Waals surface area contributed by atoms with Crippen LogP contribution >= 0.6 is 0 Å². The Labute approximate surface area is 146 Å². The molecule has 2 fully saturated rings. The number of nitrogens with zero attached hydrogens (tertiary/aromatic N) is 1. The highest BCUT2D eigenvalue weighted by Crippen LogP contribution is 2.48. The first kappa shape index (κ1) is 17.7. The maximum absolute atomic E-state index is 12.7. The average molecular weight is 367 g/mol. The number of nitro groups is 1. The summed E-state index contributed by atoms with van der Waals surface area (Å²) in [7, 11) is -4.19. The van der Waals surface area contributed by atoms with E-state index in [0.29, 0.717) is 12.5 Å². The topological polar surface area (TPSA) is 118 Å². The fourth-order valence-corrected chi connectivity index (χ4v) is 5.24. The number of sulfonamides is 1. The third-order valence-corrected chi connectivity index (χ3v) is 6.53. The molecule has 8 nitrogen and oxygen atoms in total. The molecule has 0 radical (unpaired) electrons. The zero-order chi connectivity index (χ0) is 18.2. The Kier molecular flexibility index (Phi) is 4.68. The van der Waals surface area contributed by atoms with E-state index in [1.807, 2.05) is 0 Å². The number of hydrogen-bond donors (Lipinski definition) is 2. The lowest BCUT2D eigenvalue weighted by molar-refractivity contribution is -0.385. The maximum Gasteiger partial charge on any atom is 0.270 e. The molecule has 136 valence electrons. The van der Waals surface area contributed by atoms with Crippen molar-refractivity contribution in [2.24, 2.45) is 17.8 Å². The summed E-state index contributed by atoms with van der Waals surface area (Å²) in [5.74, 6) is -0.0203. The number of benzene rings is 1. The minimum absolute atomic E-state index is 0.237. The standard InChI is InChI=1S/C16H21N3O5S/c1-2-17-14-6-5-12(19(21)22)9-15(14)25(23,24)18-16(20)13-8-10-3-4-11(13)7-10/h5-6,9-11,13,17H,2-4,7-8H2,1H3,(H,18,20)/t10-,11-,13-/m0/s1. The number of hydrogen-bond acceptors (Lipinski definition) is 6. The van der Waals surface area contributed by atoms with Crippen LogP contribution in [0, 0.1) is 27.9 Å². The van der Waals surface area contributed by atoms with Crippen molar-refractivity contribution in [2.75, 3.05) is 11.9 Å². The number of nitrogens with one attached hydrogen (secondary N) is 2. The van der Waals surface area contributed by atoms with Gasteiger partial charge in [0.1, 0.15) is 4.90 Å². The minimum atomic E-state index is -4.19. The van der Waals surface area contributed by atoms with Crippen LogP contribution in [0.4, 0.5) is 11.4 Å². The lowest BCUT2D eigenvalue weighted by Gasteiger charge is -2.21. The van der Waals surface area contributed by atoms with Crippen LogP contribution < -0.4 is 10.0 Å². The SMILES string of the molecule is CCNc1ccc([N+](=O)[O-])cc1S(=O)(=O)NC(=O)[C@H]1C[C@H]2CC[C@H]1C2. The molecule has 1 aromatic rings. The first-order valence-corrected chi connectivity index (χ1v) is 9.89. The normalized spacial score (nSPS) is 24.9. The summed E-state index contributed by atoms with van der Waals surface area (Å²) in [4.78, 5) is 22.5. The molecule has 0 unspecified atom stereocenters. The number of non-ortho nitro benzene ring substituents is 1. The molecule has 2 aliphatic rings. The van der Waals surface area contributed by atoms with Crippen molar-refractivity contribution in [3.63, 3.8) is 0 Å². The van der Waals surface area contributed by atoms with Crippen LogP contribution in [0.2, 0.25) is 0 Å². The number of carbonyl (C=O) groups excluding carboxylic acids is 1.